The van der Waals surface area contributed by atoms with Crippen LogP contribution in [0.15, 0.2) is 46.9 Å². The van der Waals surface area contributed by atoms with Crippen molar-refractivity contribution in [2.75, 3.05) is 23.3 Å². The van der Waals surface area contributed by atoms with E-state index in [0.717, 1.165) is 24.3 Å². The highest BCUT2D eigenvalue weighted by molar-refractivity contribution is 6.05. The number of nitrogens with zero attached hydrogens (tertiary/aromatic N) is 2. The fraction of sp³-hybridized carbons (Fsp3) is 0.300. The molecule has 25 heavy (non-hydrogen) atoms. The lowest BCUT2D eigenvalue weighted by molar-refractivity contribution is 0.102. The Bertz CT molecular complexity index is 893. The Morgan fingerprint density at radius 3 is 2.60 bits per heavy atom. The lowest BCUT2D eigenvalue weighted by Gasteiger charge is -2.28. The number of benzene rings is 2. The van der Waals surface area contributed by atoms with Crippen molar-refractivity contribution < 1.29 is 9.21 Å². The summed E-state index contributed by atoms with van der Waals surface area (Å²) in [5.74, 6) is 0.447. The number of fused-ring (bicyclic) bond motifs is 1. The largest absolute Gasteiger partial charge is 0.441 e. The normalized spacial score (nSPS) is 14.7. The number of amides is 1. The van der Waals surface area contributed by atoms with Crippen molar-refractivity contribution in [2.45, 2.75) is 26.2 Å². The molecule has 0 atom stereocenters. The molecular formula is C20H21N3O2. The highest BCUT2D eigenvalue weighted by Gasteiger charge is 2.12. The molecule has 1 saturated heterocycles. The minimum Gasteiger partial charge on any atom is -0.441 e. The van der Waals surface area contributed by atoms with Crippen LogP contribution in [-0.4, -0.2) is 24.0 Å². The van der Waals surface area contributed by atoms with E-state index < -0.39 is 0 Å². The first-order valence-electron chi connectivity index (χ1n) is 8.73. The lowest BCUT2D eigenvalue weighted by Crippen LogP contribution is -2.29. The number of anilines is 2. The average Bonchev–Trinajstić information content (AvgIpc) is 3.02. The molecule has 3 aromatic rings. The van der Waals surface area contributed by atoms with Gasteiger partial charge in [0.05, 0.1) is 0 Å². The molecule has 2 heterocycles. The maximum absolute atomic E-state index is 12.5. The summed E-state index contributed by atoms with van der Waals surface area (Å²) in [5, 5.41) is 2.94. The molecule has 2 aromatic carbocycles. The van der Waals surface area contributed by atoms with Crippen LogP contribution >= 0.6 is 0 Å². The van der Waals surface area contributed by atoms with E-state index in [1.54, 1.807) is 25.1 Å². The monoisotopic (exact) mass is 335 g/mol. The smallest absolute Gasteiger partial charge is 0.255 e. The topological polar surface area (TPSA) is 58.4 Å². The van der Waals surface area contributed by atoms with Crippen LogP contribution in [0.5, 0.6) is 0 Å². The molecule has 1 aromatic heterocycles. The first kappa shape index (κ1) is 15.7. The number of carbonyl (C=O) groups is 1. The van der Waals surface area contributed by atoms with Gasteiger partial charge in [-0.15, -0.1) is 0 Å². The van der Waals surface area contributed by atoms with Crippen molar-refractivity contribution in [3.8, 4) is 0 Å². The van der Waals surface area contributed by atoms with Crippen LogP contribution in [-0.2, 0) is 0 Å². The highest BCUT2D eigenvalue weighted by atomic mass is 16.3. The van der Waals surface area contributed by atoms with E-state index in [-0.39, 0.29) is 5.91 Å². The average molecular weight is 335 g/mol. The first-order chi connectivity index (χ1) is 12.2. The van der Waals surface area contributed by atoms with E-state index in [2.05, 4.69) is 27.3 Å². The third-order valence-corrected chi connectivity index (χ3v) is 4.60. The van der Waals surface area contributed by atoms with E-state index in [9.17, 15) is 4.79 Å². The summed E-state index contributed by atoms with van der Waals surface area (Å²) in [6.07, 6.45) is 3.82. The summed E-state index contributed by atoms with van der Waals surface area (Å²) in [4.78, 5) is 19.1. The quantitative estimate of drug-likeness (QED) is 0.772. The minimum absolute atomic E-state index is 0.151. The van der Waals surface area contributed by atoms with Gasteiger partial charge in [0.15, 0.2) is 11.5 Å². The van der Waals surface area contributed by atoms with E-state index in [1.807, 2.05) is 12.1 Å². The van der Waals surface area contributed by atoms with Crippen molar-refractivity contribution in [3.05, 3.63) is 53.9 Å². The Balaban J connectivity index is 1.47. The van der Waals surface area contributed by atoms with Gasteiger partial charge in [-0.3, -0.25) is 4.79 Å². The van der Waals surface area contributed by atoms with E-state index in [0.29, 0.717) is 17.0 Å². The summed E-state index contributed by atoms with van der Waals surface area (Å²) in [6, 6.07) is 13.4. The van der Waals surface area contributed by atoms with Crippen molar-refractivity contribution in [1.29, 1.82) is 0 Å². The maximum Gasteiger partial charge on any atom is 0.255 e. The number of oxazole rings is 1. The molecule has 0 aliphatic carbocycles. The van der Waals surface area contributed by atoms with Gasteiger partial charge >= 0.3 is 0 Å². The zero-order valence-electron chi connectivity index (χ0n) is 14.3. The molecule has 0 spiro atoms. The number of piperidine rings is 1. The predicted octanol–water partition coefficient (Wildman–Crippen LogP) is 4.38. The Morgan fingerprint density at radius 1 is 1.08 bits per heavy atom. The Kier molecular flexibility index (Phi) is 4.14. The molecule has 0 saturated carbocycles. The van der Waals surface area contributed by atoms with Crippen molar-refractivity contribution in [1.82, 2.24) is 4.98 Å². The van der Waals surface area contributed by atoms with Crippen molar-refractivity contribution in [3.63, 3.8) is 0 Å². The van der Waals surface area contributed by atoms with Crippen LogP contribution in [0.2, 0.25) is 0 Å². The summed E-state index contributed by atoms with van der Waals surface area (Å²) < 4.78 is 5.50. The first-order valence-corrected chi connectivity index (χ1v) is 8.73. The van der Waals surface area contributed by atoms with Crippen LogP contribution in [0.25, 0.3) is 11.1 Å². The van der Waals surface area contributed by atoms with Gasteiger partial charge in [-0.25, -0.2) is 4.98 Å². The molecule has 0 radical (unpaired) electrons. The summed E-state index contributed by atoms with van der Waals surface area (Å²) in [7, 11) is 0. The van der Waals surface area contributed by atoms with Gasteiger partial charge in [0, 0.05) is 37.0 Å². The van der Waals surface area contributed by atoms with Gasteiger partial charge in [0.2, 0.25) is 0 Å². The van der Waals surface area contributed by atoms with Crippen molar-refractivity contribution in [2.24, 2.45) is 0 Å². The van der Waals surface area contributed by atoms with Crippen LogP contribution in [0.4, 0.5) is 11.4 Å². The maximum atomic E-state index is 12.5. The summed E-state index contributed by atoms with van der Waals surface area (Å²) in [5.41, 5.74) is 3.96. The highest BCUT2D eigenvalue weighted by Crippen LogP contribution is 2.23. The minimum atomic E-state index is -0.151. The number of nitrogens with one attached hydrogen (secondary N) is 1. The standard InChI is InChI=1S/C20H21N3O2/c1-14-21-18-10-5-15(13-19(18)25-14)20(24)22-16-6-8-17(9-7-16)23-11-3-2-4-12-23/h5-10,13H,2-4,11-12H2,1H3,(H,22,24). The van der Waals surface area contributed by atoms with E-state index in [1.165, 1.54) is 24.9 Å². The predicted molar refractivity (Wildman–Crippen MR) is 99.2 cm³/mol. The van der Waals surface area contributed by atoms with Gasteiger partial charge in [-0.2, -0.15) is 0 Å². The van der Waals surface area contributed by atoms with Crippen molar-refractivity contribution >= 4 is 28.4 Å². The number of hydrogen-bond donors (Lipinski definition) is 1. The lowest BCUT2D eigenvalue weighted by atomic mass is 10.1. The fourth-order valence-corrected chi connectivity index (χ4v) is 3.29. The SMILES string of the molecule is Cc1nc2ccc(C(=O)Nc3ccc(N4CCCCC4)cc3)cc2o1. The Morgan fingerprint density at radius 2 is 1.84 bits per heavy atom. The molecule has 1 N–H and O–H groups in total. The van der Waals surface area contributed by atoms with Crippen LogP contribution in [0.3, 0.4) is 0 Å². The van der Waals surface area contributed by atoms with Crippen LogP contribution in [0, 0.1) is 6.92 Å². The molecule has 0 bridgehead atoms. The summed E-state index contributed by atoms with van der Waals surface area (Å²) in [6.45, 7) is 4.02. The zero-order chi connectivity index (χ0) is 17.2. The van der Waals surface area contributed by atoms with E-state index in [4.69, 9.17) is 4.42 Å². The fourth-order valence-electron chi connectivity index (χ4n) is 3.29. The molecule has 1 fully saturated rings. The molecule has 1 aliphatic rings. The third-order valence-electron chi connectivity index (χ3n) is 4.60. The number of hydrogen-bond acceptors (Lipinski definition) is 4. The molecule has 4 rings (SSSR count). The molecule has 5 heteroatoms. The van der Waals surface area contributed by atoms with Gasteiger partial charge in [0.1, 0.15) is 5.52 Å². The van der Waals surface area contributed by atoms with Crippen LogP contribution < -0.4 is 10.2 Å². The number of carbonyl (C=O) groups excluding carboxylic acids is 1. The summed E-state index contributed by atoms with van der Waals surface area (Å²) >= 11 is 0. The van der Waals surface area contributed by atoms with Gasteiger partial charge in [-0.1, -0.05) is 0 Å². The molecule has 1 aliphatic heterocycles. The molecular weight excluding hydrogens is 314 g/mol. The number of aryl methyl sites for hydroxylation is 1. The second-order valence-corrected chi connectivity index (χ2v) is 6.46. The molecule has 128 valence electrons. The van der Waals surface area contributed by atoms with Gasteiger partial charge in [0.25, 0.3) is 5.91 Å². The number of aromatic nitrogens is 1. The van der Waals surface area contributed by atoms with Crippen LogP contribution in [0.1, 0.15) is 35.5 Å². The van der Waals surface area contributed by atoms with Gasteiger partial charge in [-0.05, 0) is 61.7 Å². The second-order valence-electron chi connectivity index (χ2n) is 6.46. The Labute approximate surface area is 146 Å². The molecule has 1 amide bonds. The second kappa shape index (κ2) is 6.59. The zero-order valence-corrected chi connectivity index (χ0v) is 14.3. The number of rotatable bonds is 3. The molecule has 0 unspecified atom stereocenters. The Hall–Kier alpha value is -2.82. The molecule has 5 nitrogen and oxygen atoms in total. The van der Waals surface area contributed by atoms with E-state index >= 15 is 0 Å². The van der Waals surface area contributed by atoms with Gasteiger partial charge < -0.3 is 14.6 Å². The third kappa shape index (κ3) is 3.36.